The van der Waals surface area contributed by atoms with Gasteiger partial charge in [0.1, 0.15) is 32.7 Å². The number of nitrogens with one attached hydrogen (secondary N) is 3. The van der Waals surface area contributed by atoms with Crippen molar-refractivity contribution in [2.75, 3.05) is 26.2 Å². The van der Waals surface area contributed by atoms with Crippen LogP contribution in [0.1, 0.15) is 30.0 Å². The number of fused-ring (bicyclic) bond motifs is 1. The van der Waals surface area contributed by atoms with Crippen molar-refractivity contribution in [3.63, 3.8) is 0 Å². The van der Waals surface area contributed by atoms with Crippen LogP contribution in [-0.4, -0.2) is 38.1 Å². The molecule has 1 atom stereocenters. The first-order valence-corrected chi connectivity index (χ1v) is 11.3. The molecule has 1 saturated carbocycles. The van der Waals surface area contributed by atoms with Gasteiger partial charge in [0, 0.05) is 17.2 Å². The van der Waals surface area contributed by atoms with Crippen molar-refractivity contribution in [3.05, 3.63) is 83.9 Å². The third kappa shape index (κ3) is 4.25. The Labute approximate surface area is 178 Å². The lowest BCUT2D eigenvalue weighted by atomic mass is 10.0. The van der Waals surface area contributed by atoms with Gasteiger partial charge in [0.15, 0.2) is 6.04 Å². The predicted octanol–water partition coefficient (Wildman–Crippen LogP) is 1.14. The molecule has 154 valence electrons. The fraction of sp³-hybridized carbons (Fsp3) is 0.346. The summed E-state index contributed by atoms with van der Waals surface area (Å²) in [5, 5.41) is 5.94. The number of rotatable bonds is 6. The van der Waals surface area contributed by atoms with Gasteiger partial charge in [-0.1, -0.05) is 72.8 Å². The molecule has 3 aromatic rings. The number of benzene rings is 3. The third-order valence-corrected chi connectivity index (χ3v) is 6.65. The first-order chi connectivity index (χ1) is 14.8. The molecule has 5 rings (SSSR count). The van der Waals surface area contributed by atoms with Gasteiger partial charge in [0.25, 0.3) is 5.91 Å². The molecule has 2 fully saturated rings. The Balaban J connectivity index is 1.28. The lowest BCUT2D eigenvalue weighted by molar-refractivity contribution is -1.03. The Morgan fingerprint density at radius 2 is 1.57 bits per heavy atom. The minimum Gasteiger partial charge on any atom is -0.348 e. The first-order valence-electron chi connectivity index (χ1n) is 11.3. The van der Waals surface area contributed by atoms with Crippen LogP contribution >= 0.6 is 0 Å². The molecule has 30 heavy (non-hydrogen) atoms. The Hall–Kier alpha value is -2.69. The van der Waals surface area contributed by atoms with Gasteiger partial charge in [0.05, 0.1) is 0 Å². The number of piperazine rings is 1. The Morgan fingerprint density at radius 3 is 2.33 bits per heavy atom. The number of quaternary nitrogens is 2. The highest BCUT2D eigenvalue weighted by molar-refractivity contribution is 5.85. The van der Waals surface area contributed by atoms with Crippen molar-refractivity contribution in [1.82, 2.24) is 5.32 Å². The molecule has 1 aliphatic carbocycles. The van der Waals surface area contributed by atoms with E-state index in [1.165, 1.54) is 21.2 Å². The highest BCUT2D eigenvalue weighted by Gasteiger charge is 2.37. The molecule has 1 heterocycles. The molecule has 1 aliphatic heterocycles. The van der Waals surface area contributed by atoms with E-state index < -0.39 is 0 Å². The Kier molecular flexibility index (Phi) is 5.52. The maximum absolute atomic E-state index is 13.1. The van der Waals surface area contributed by atoms with Crippen LogP contribution in [0.25, 0.3) is 10.8 Å². The highest BCUT2D eigenvalue weighted by atomic mass is 16.2. The first kappa shape index (κ1) is 19.3. The summed E-state index contributed by atoms with van der Waals surface area (Å²) in [4.78, 5) is 16.1. The van der Waals surface area contributed by atoms with Gasteiger partial charge in [-0.25, -0.2) is 0 Å². The fourth-order valence-corrected chi connectivity index (χ4v) is 4.84. The van der Waals surface area contributed by atoms with Crippen LogP contribution in [0, 0.1) is 0 Å². The van der Waals surface area contributed by atoms with Crippen LogP contribution in [0.3, 0.4) is 0 Å². The second-order valence-electron chi connectivity index (χ2n) is 8.85. The molecule has 4 nitrogen and oxygen atoms in total. The summed E-state index contributed by atoms with van der Waals surface area (Å²) in [5.74, 6) is 0.205. The largest absolute Gasteiger partial charge is 0.348 e. The standard InChI is InChI=1S/C26H29N3O/c30-26(27-23-13-14-23)25(21-8-2-1-3-9-21)29-17-15-28(16-18-29)19-22-11-6-10-20-7-4-5-12-24(20)22/h1-12,23,25H,13-19H2,(H,27,30)/p+2/t25-/m1/s1. The minimum absolute atomic E-state index is 0.0918. The van der Waals surface area contributed by atoms with Crippen molar-refractivity contribution < 1.29 is 14.6 Å². The van der Waals surface area contributed by atoms with Crippen molar-refractivity contribution in [2.45, 2.75) is 31.5 Å². The number of carbonyl (C=O) groups is 1. The molecule has 0 spiro atoms. The second kappa shape index (κ2) is 8.58. The van der Waals surface area contributed by atoms with Gasteiger partial charge < -0.3 is 15.1 Å². The van der Waals surface area contributed by atoms with Crippen molar-refractivity contribution in [1.29, 1.82) is 0 Å². The quantitative estimate of drug-likeness (QED) is 0.570. The summed E-state index contributed by atoms with van der Waals surface area (Å²) in [7, 11) is 0. The average Bonchev–Trinajstić information content (AvgIpc) is 3.60. The van der Waals surface area contributed by atoms with Crippen LogP contribution in [0.2, 0.25) is 0 Å². The number of amides is 1. The summed E-state index contributed by atoms with van der Waals surface area (Å²) < 4.78 is 0. The summed E-state index contributed by atoms with van der Waals surface area (Å²) in [5.41, 5.74) is 2.57. The van der Waals surface area contributed by atoms with E-state index in [0.717, 1.165) is 51.1 Å². The zero-order valence-corrected chi connectivity index (χ0v) is 17.4. The van der Waals surface area contributed by atoms with E-state index in [0.29, 0.717) is 6.04 Å². The van der Waals surface area contributed by atoms with Crippen LogP contribution < -0.4 is 15.1 Å². The van der Waals surface area contributed by atoms with Gasteiger partial charge in [-0.3, -0.25) is 4.79 Å². The van der Waals surface area contributed by atoms with E-state index in [9.17, 15) is 4.79 Å². The molecule has 0 bridgehead atoms. The lowest BCUT2D eigenvalue weighted by Gasteiger charge is -2.34. The molecule has 0 radical (unpaired) electrons. The molecular weight excluding hydrogens is 370 g/mol. The van der Waals surface area contributed by atoms with Crippen LogP contribution in [0.5, 0.6) is 0 Å². The normalized spacial score (nSPS) is 22.5. The number of carbonyl (C=O) groups excluding carboxylic acids is 1. The molecule has 2 aliphatic rings. The van der Waals surface area contributed by atoms with E-state index in [2.05, 4.69) is 59.9 Å². The highest BCUT2D eigenvalue weighted by Crippen LogP contribution is 2.20. The molecular formula is C26H31N3O+2. The Bertz CT molecular complexity index is 1000. The predicted molar refractivity (Wildman–Crippen MR) is 119 cm³/mol. The molecule has 3 aromatic carbocycles. The monoisotopic (exact) mass is 401 g/mol. The van der Waals surface area contributed by atoms with Crippen LogP contribution in [-0.2, 0) is 11.3 Å². The lowest BCUT2D eigenvalue weighted by Crippen LogP contribution is -3.28. The fourth-order valence-electron chi connectivity index (χ4n) is 4.84. The van der Waals surface area contributed by atoms with Crippen molar-refractivity contribution in [3.8, 4) is 0 Å². The van der Waals surface area contributed by atoms with Crippen molar-refractivity contribution >= 4 is 16.7 Å². The molecule has 1 amide bonds. The molecule has 0 unspecified atom stereocenters. The average molecular weight is 402 g/mol. The SMILES string of the molecule is O=C(NC1CC1)[C@@H](c1ccccc1)[NH+]1CC[NH+](Cc2cccc3ccccc23)CC1. The van der Waals surface area contributed by atoms with Crippen molar-refractivity contribution in [2.24, 2.45) is 0 Å². The van der Waals surface area contributed by atoms with E-state index >= 15 is 0 Å². The zero-order valence-electron chi connectivity index (χ0n) is 17.4. The van der Waals surface area contributed by atoms with E-state index in [-0.39, 0.29) is 11.9 Å². The summed E-state index contributed by atoms with van der Waals surface area (Å²) in [6.07, 6.45) is 2.26. The van der Waals surface area contributed by atoms with Gasteiger partial charge in [0.2, 0.25) is 0 Å². The second-order valence-corrected chi connectivity index (χ2v) is 8.85. The summed E-state index contributed by atoms with van der Waals surface area (Å²) in [6, 6.07) is 26.0. The number of hydrogen-bond acceptors (Lipinski definition) is 1. The maximum atomic E-state index is 13.1. The van der Waals surface area contributed by atoms with Crippen LogP contribution in [0.4, 0.5) is 0 Å². The van der Waals surface area contributed by atoms with E-state index in [4.69, 9.17) is 0 Å². The molecule has 1 saturated heterocycles. The summed E-state index contributed by atoms with van der Waals surface area (Å²) in [6.45, 7) is 5.30. The topological polar surface area (TPSA) is 38.0 Å². The minimum atomic E-state index is -0.0918. The zero-order chi connectivity index (χ0) is 20.3. The van der Waals surface area contributed by atoms with E-state index in [1.54, 1.807) is 4.90 Å². The summed E-state index contributed by atoms with van der Waals surface area (Å²) >= 11 is 0. The van der Waals surface area contributed by atoms with Crippen LogP contribution in [0.15, 0.2) is 72.8 Å². The van der Waals surface area contributed by atoms with Gasteiger partial charge >= 0.3 is 0 Å². The number of hydrogen-bond donors (Lipinski definition) is 3. The third-order valence-electron chi connectivity index (χ3n) is 6.65. The van der Waals surface area contributed by atoms with Gasteiger partial charge in [-0.2, -0.15) is 0 Å². The maximum Gasteiger partial charge on any atom is 0.283 e. The van der Waals surface area contributed by atoms with E-state index in [1.807, 2.05) is 18.2 Å². The van der Waals surface area contributed by atoms with Gasteiger partial charge in [-0.15, -0.1) is 0 Å². The molecule has 3 N–H and O–H groups in total. The molecule has 4 heteroatoms. The Morgan fingerprint density at radius 1 is 0.867 bits per heavy atom. The molecule has 0 aromatic heterocycles. The smallest absolute Gasteiger partial charge is 0.283 e. The van der Waals surface area contributed by atoms with Gasteiger partial charge in [-0.05, 0) is 23.6 Å².